The van der Waals surface area contributed by atoms with Gasteiger partial charge in [0.05, 0.1) is 12.1 Å². The number of ether oxygens (including phenoxy) is 1. The lowest BCUT2D eigenvalue weighted by Crippen LogP contribution is -2.09. The van der Waals surface area contributed by atoms with Gasteiger partial charge in [-0.3, -0.25) is 0 Å². The molecule has 1 aromatic heterocycles. The highest BCUT2D eigenvalue weighted by Gasteiger charge is 2.03. The van der Waals surface area contributed by atoms with Gasteiger partial charge >= 0.3 is 0 Å². The van der Waals surface area contributed by atoms with Gasteiger partial charge in [0.15, 0.2) is 0 Å². The van der Waals surface area contributed by atoms with Crippen LogP contribution in [0.5, 0.6) is 5.75 Å². The minimum absolute atomic E-state index is 0.151. The van der Waals surface area contributed by atoms with Crippen LogP contribution in [0.15, 0.2) is 30.6 Å². The SMILES string of the molecule is Cc1ccc(OCCn2ccnc2C)c(C#CCO)c1. The second-order valence-electron chi connectivity index (χ2n) is 4.48. The van der Waals surface area contributed by atoms with E-state index in [0.29, 0.717) is 6.61 Å². The summed E-state index contributed by atoms with van der Waals surface area (Å²) in [6.07, 6.45) is 3.71. The van der Waals surface area contributed by atoms with Gasteiger partial charge < -0.3 is 14.4 Å². The fourth-order valence-corrected chi connectivity index (χ4v) is 1.90. The van der Waals surface area contributed by atoms with Gasteiger partial charge in [0.2, 0.25) is 0 Å². The molecule has 0 unspecified atom stereocenters. The van der Waals surface area contributed by atoms with Crippen molar-refractivity contribution in [3.63, 3.8) is 0 Å². The Kier molecular flexibility index (Phi) is 4.80. The maximum absolute atomic E-state index is 8.79. The summed E-state index contributed by atoms with van der Waals surface area (Å²) < 4.78 is 7.82. The Labute approximate surface area is 119 Å². The minimum atomic E-state index is -0.151. The summed E-state index contributed by atoms with van der Waals surface area (Å²) in [6.45, 7) is 5.11. The van der Waals surface area contributed by atoms with Crippen LogP contribution < -0.4 is 4.74 Å². The first kappa shape index (κ1) is 14.2. The summed E-state index contributed by atoms with van der Waals surface area (Å²) in [5.74, 6) is 7.29. The molecule has 104 valence electrons. The number of hydrogen-bond donors (Lipinski definition) is 1. The smallest absolute Gasteiger partial charge is 0.135 e. The lowest BCUT2D eigenvalue weighted by Gasteiger charge is -2.10. The van der Waals surface area contributed by atoms with Crippen molar-refractivity contribution in [3.8, 4) is 17.6 Å². The number of benzene rings is 1. The van der Waals surface area contributed by atoms with E-state index in [1.165, 1.54) is 0 Å². The average molecular weight is 270 g/mol. The highest BCUT2D eigenvalue weighted by atomic mass is 16.5. The van der Waals surface area contributed by atoms with Crippen molar-refractivity contribution in [1.29, 1.82) is 0 Å². The highest BCUT2D eigenvalue weighted by Crippen LogP contribution is 2.19. The molecule has 0 fully saturated rings. The Bertz CT molecular complexity index is 635. The Hall–Kier alpha value is -2.25. The molecule has 1 N–H and O–H groups in total. The molecule has 0 saturated heterocycles. The van der Waals surface area contributed by atoms with Crippen LogP contribution in [-0.2, 0) is 6.54 Å². The summed E-state index contributed by atoms with van der Waals surface area (Å²) in [7, 11) is 0. The molecule has 0 aliphatic heterocycles. The molecule has 1 heterocycles. The third-order valence-electron chi connectivity index (χ3n) is 2.95. The van der Waals surface area contributed by atoms with Gasteiger partial charge in [-0.15, -0.1) is 0 Å². The molecule has 1 aromatic carbocycles. The van der Waals surface area contributed by atoms with Crippen molar-refractivity contribution in [2.75, 3.05) is 13.2 Å². The van der Waals surface area contributed by atoms with Gasteiger partial charge in [-0.05, 0) is 31.5 Å². The maximum atomic E-state index is 8.79. The monoisotopic (exact) mass is 270 g/mol. The molecule has 0 aliphatic rings. The van der Waals surface area contributed by atoms with Gasteiger partial charge in [0.1, 0.15) is 24.8 Å². The van der Waals surface area contributed by atoms with E-state index in [-0.39, 0.29) is 6.61 Å². The lowest BCUT2D eigenvalue weighted by atomic mass is 10.1. The van der Waals surface area contributed by atoms with Gasteiger partial charge in [-0.1, -0.05) is 17.9 Å². The van der Waals surface area contributed by atoms with E-state index >= 15 is 0 Å². The number of rotatable bonds is 4. The first-order valence-corrected chi connectivity index (χ1v) is 6.51. The van der Waals surface area contributed by atoms with Gasteiger partial charge in [0, 0.05) is 12.4 Å². The van der Waals surface area contributed by atoms with Crippen molar-refractivity contribution in [2.24, 2.45) is 0 Å². The minimum Gasteiger partial charge on any atom is -0.490 e. The third kappa shape index (κ3) is 3.62. The zero-order valence-electron chi connectivity index (χ0n) is 11.8. The van der Waals surface area contributed by atoms with Crippen LogP contribution in [0.25, 0.3) is 0 Å². The number of aliphatic hydroxyl groups is 1. The lowest BCUT2D eigenvalue weighted by molar-refractivity contribution is 0.296. The normalized spacial score (nSPS) is 9.95. The topological polar surface area (TPSA) is 47.3 Å². The standard InChI is InChI=1S/C16H18N2O2/c1-13-5-6-16(15(12-13)4-3-10-19)20-11-9-18-8-7-17-14(18)2/h5-8,12,19H,9-11H2,1-2H3. The summed E-state index contributed by atoms with van der Waals surface area (Å²) in [5, 5.41) is 8.79. The third-order valence-corrected chi connectivity index (χ3v) is 2.95. The molecule has 0 amide bonds. The van der Waals surface area contributed by atoms with Gasteiger partial charge in [-0.2, -0.15) is 0 Å². The van der Waals surface area contributed by atoms with Gasteiger partial charge in [0.25, 0.3) is 0 Å². The second kappa shape index (κ2) is 6.78. The van der Waals surface area contributed by atoms with E-state index in [1.807, 2.05) is 42.8 Å². The van der Waals surface area contributed by atoms with E-state index in [4.69, 9.17) is 9.84 Å². The van der Waals surface area contributed by atoms with Crippen LogP contribution in [0.3, 0.4) is 0 Å². The number of nitrogens with zero attached hydrogens (tertiary/aromatic N) is 2. The van der Waals surface area contributed by atoms with Crippen molar-refractivity contribution in [3.05, 3.63) is 47.5 Å². The average Bonchev–Trinajstić information content (AvgIpc) is 2.84. The first-order valence-electron chi connectivity index (χ1n) is 6.51. The summed E-state index contributed by atoms with van der Waals surface area (Å²) >= 11 is 0. The molecule has 0 atom stereocenters. The molecular weight excluding hydrogens is 252 g/mol. The number of imidazole rings is 1. The fourth-order valence-electron chi connectivity index (χ4n) is 1.90. The van der Waals surface area contributed by atoms with E-state index in [0.717, 1.165) is 29.2 Å². The molecule has 4 nitrogen and oxygen atoms in total. The molecule has 0 aliphatic carbocycles. The maximum Gasteiger partial charge on any atom is 0.135 e. The molecule has 20 heavy (non-hydrogen) atoms. The quantitative estimate of drug-likeness (QED) is 0.863. The summed E-state index contributed by atoms with van der Waals surface area (Å²) in [4.78, 5) is 4.17. The van der Waals surface area contributed by atoms with E-state index in [2.05, 4.69) is 16.8 Å². The zero-order valence-corrected chi connectivity index (χ0v) is 11.8. The first-order chi connectivity index (χ1) is 9.70. The van der Waals surface area contributed by atoms with Crippen LogP contribution in [0.1, 0.15) is 17.0 Å². The fraction of sp³-hybridized carbons (Fsp3) is 0.312. The Morgan fingerprint density at radius 1 is 1.35 bits per heavy atom. The molecule has 0 bridgehead atoms. The van der Waals surface area contributed by atoms with Crippen molar-refractivity contribution in [1.82, 2.24) is 9.55 Å². The highest BCUT2D eigenvalue weighted by molar-refractivity contribution is 5.48. The number of aryl methyl sites for hydroxylation is 2. The van der Waals surface area contributed by atoms with Crippen molar-refractivity contribution < 1.29 is 9.84 Å². The predicted molar refractivity (Wildman–Crippen MR) is 77.6 cm³/mol. The largest absolute Gasteiger partial charge is 0.490 e. The molecule has 0 spiro atoms. The molecular formula is C16H18N2O2. The predicted octanol–water partition coefficient (Wildman–Crippen LogP) is 1.92. The number of hydrogen-bond acceptors (Lipinski definition) is 3. The van der Waals surface area contributed by atoms with E-state index in [1.54, 1.807) is 6.20 Å². The zero-order chi connectivity index (χ0) is 14.4. The van der Waals surface area contributed by atoms with Crippen LogP contribution in [0, 0.1) is 25.7 Å². The van der Waals surface area contributed by atoms with Crippen LogP contribution in [0.4, 0.5) is 0 Å². The van der Waals surface area contributed by atoms with Gasteiger partial charge in [-0.25, -0.2) is 4.98 Å². The van der Waals surface area contributed by atoms with Crippen LogP contribution in [-0.4, -0.2) is 27.9 Å². The summed E-state index contributed by atoms with van der Waals surface area (Å²) in [5.41, 5.74) is 1.92. The number of aromatic nitrogens is 2. The van der Waals surface area contributed by atoms with Crippen LogP contribution >= 0.6 is 0 Å². The van der Waals surface area contributed by atoms with E-state index < -0.39 is 0 Å². The second-order valence-corrected chi connectivity index (χ2v) is 4.48. The van der Waals surface area contributed by atoms with Crippen molar-refractivity contribution >= 4 is 0 Å². The van der Waals surface area contributed by atoms with Crippen LogP contribution in [0.2, 0.25) is 0 Å². The summed E-state index contributed by atoms with van der Waals surface area (Å²) in [6, 6.07) is 5.86. The Balaban J connectivity index is 2.03. The number of aliphatic hydroxyl groups excluding tert-OH is 1. The Morgan fingerprint density at radius 3 is 2.90 bits per heavy atom. The molecule has 4 heteroatoms. The molecule has 2 aromatic rings. The molecule has 0 radical (unpaired) electrons. The molecule has 0 saturated carbocycles. The Morgan fingerprint density at radius 2 is 2.20 bits per heavy atom. The molecule has 2 rings (SSSR count). The van der Waals surface area contributed by atoms with E-state index in [9.17, 15) is 0 Å². The van der Waals surface area contributed by atoms with Crippen molar-refractivity contribution in [2.45, 2.75) is 20.4 Å².